The van der Waals surface area contributed by atoms with E-state index in [9.17, 15) is 0 Å². The molecule has 0 amide bonds. The number of thiophene rings is 1. The standard InChI is InChI=1S/C9H12BrClS/c10-9-6-5-8(12-9)4-2-1-3-7-11/h5-6H,1-4,7H2. The summed E-state index contributed by atoms with van der Waals surface area (Å²) in [5.74, 6) is 0.800. The normalized spacial score (nSPS) is 10.5. The van der Waals surface area contributed by atoms with Crippen LogP contribution < -0.4 is 0 Å². The van der Waals surface area contributed by atoms with E-state index in [0.717, 1.165) is 12.3 Å². The summed E-state index contributed by atoms with van der Waals surface area (Å²) in [5, 5.41) is 0. The van der Waals surface area contributed by atoms with E-state index in [1.54, 1.807) is 0 Å². The maximum atomic E-state index is 5.58. The fourth-order valence-electron chi connectivity index (χ4n) is 1.06. The zero-order chi connectivity index (χ0) is 8.81. The lowest BCUT2D eigenvalue weighted by atomic mass is 10.2. The molecule has 0 saturated heterocycles. The molecule has 0 aliphatic heterocycles. The molecule has 0 radical (unpaired) electrons. The van der Waals surface area contributed by atoms with Crippen LogP contribution in [-0.4, -0.2) is 5.88 Å². The van der Waals surface area contributed by atoms with Crippen LogP contribution in [0.3, 0.4) is 0 Å². The molecule has 0 aliphatic carbocycles. The van der Waals surface area contributed by atoms with Crippen molar-refractivity contribution in [2.45, 2.75) is 25.7 Å². The molecule has 12 heavy (non-hydrogen) atoms. The Labute approximate surface area is 91.1 Å². The molecule has 0 bridgehead atoms. The first kappa shape index (κ1) is 10.6. The van der Waals surface area contributed by atoms with Crippen molar-refractivity contribution in [1.29, 1.82) is 0 Å². The number of halogens is 2. The van der Waals surface area contributed by atoms with E-state index in [1.807, 2.05) is 11.3 Å². The van der Waals surface area contributed by atoms with Crippen molar-refractivity contribution in [3.63, 3.8) is 0 Å². The van der Waals surface area contributed by atoms with E-state index in [-0.39, 0.29) is 0 Å². The predicted molar refractivity (Wildman–Crippen MR) is 60.3 cm³/mol. The first-order valence-corrected chi connectivity index (χ1v) is 6.27. The third kappa shape index (κ3) is 3.92. The number of aryl methyl sites for hydroxylation is 1. The van der Waals surface area contributed by atoms with Gasteiger partial charge in [-0.25, -0.2) is 0 Å². The van der Waals surface area contributed by atoms with Gasteiger partial charge in [0.1, 0.15) is 0 Å². The lowest BCUT2D eigenvalue weighted by Gasteiger charge is -1.95. The summed E-state index contributed by atoms with van der Waals surface area (Å²) >= 11 is 10.9. The Morgan fingerprint density at radius 3 is 2.67 bits per heavy atom. The Morgan fingerprint density at radius 2 is 2.08 bits per heavy atom. The molecule has 1 aromatic heterocycles. The SMILES string of the molecule is ClCCCCCc1ccc(Br)s1. The summed E-state index contributed by atoms with van der Waals surface area (Å²) in [6, 6.07) is 4.30. The quantitative estimate of drug-likeness (QED) is 0.546. The second kappa shape index (κ2) is 6.01. The Balaban J connectivity index is 2.15. The van der Waals surface area contributed by atoms with Gasteiger partial charge in [0.2, 0.25) is 0 Å². The highest BCUT2D eigenvalue weighted by molar-refractivity contribution is 9.11. The van der Waals surface area contributed by atoms with Crippen LogP contribution in [0.2, 0.25) is 0 Å². The van der Waals surface area contributed by atoms with Gasteiger partial charge in [-0.15, -0.1) is 22.9 Å². The van der Waals surface area contributed by atoms with Crippen molar-refractivity contribution in [1.82, 2.24) is 0 Å². The summed E-state index contributed by atoms with van der Waals surface area (Å²) in [4.78, 5) is 1.47. The number of rotatable bonds is 5. The molecule has 0 aliphatic rings. The van der Waals surface area contributed by atoms with Crippen molar-refractivity contribution in [2.24, 2.45) is 0 Å². The van der Waals surface area contributed by atoms with Gasteiger partial charge in [-0.1, -0.05) is 6.42 Å². The second-order valence-electron chi connectivity index (χ2n) is 2.71. The van der Waals surface area contributed by atoms with Crippen molar-refractivity contribution in [2.75, 3.05) is 5.88 Å². The van der Waals surface area contributed by atoms with E-state index in [2.05, 4.69) is 28.1 Å². The molecule has 1 aromatic rings. The largest absolute Gasteiger partial charge is 0.133 e. The van der Waals surface area contributed by atoms with Crippen LogP contribution in [-0.2, 0) is 6.42 Å². The molecule has 3 heteroatoms. The Morgan fingerprint density at radius 1 is 1.25 bits per heavy atom. The zero-order valence-corrected chi connectivity index (χ0v) is 10.0. The minimum Gasteiger partial charge on any atom is -0.133 e. The average Bonchev–Trinajstić information content (AvgIpc) is 2.45. The summed E-state index contributed by atoms with van der Waals surface area (Å²) in [5.41, 5.74) is 0. The smallest absolute Gasteiger partial charge is 0.0701 e. The third-order valence-electron chi connectivity index (χ3n) is 1.69. The van der Waals surface area contributed by atoms with Gasteiger partial charge < -0.3 is 0 Å². The van der Waals surface area contributed by atoms with Gasteiger partial charge in [-0.3, -0.25) is 0 Å². The summed E-state index contributed by atoms with van der Waals surface area (Å²) in [6.45, 7) is 0. The predicted octanol–water partition coefficient (Wildman–Crippen LogP) is 4.46. The van der Waals surface area contributed by atoms with Gasteiger partial charge in [0.05, 0.1) is 3.79 Å². The molecule has 1 heterocycles. The van der Waals surface area contributed by atoms with E-state index >= 15 is 0 Å². The fourth-order valence-corrected chi connectivity index (χ4v) is 2.77. The Kier molecular flexibility index (Phi) is 5.28. The lowest BCUT2D eigenvalue weighted by Crippen LogP contribution is -1.81. The fraction of sp³-hybridized carbons (Fsp3) is 0.556. The van der Waals surface area contributed by atoms with Gasteiger partial charge >= 0.3 is 0 Å². The summed E-state index contributed by atoms with van der Waals surface area (Å²) in [7, 11) is 0. The number of unbranched alkanes of at least 4 members (excludes halogenated alkanes) is 2. The zero-order valence-electron chi connectivity index (χ0n) is 6.85. The molecule has 0 atom stereocenters. The topological polar surface area (TPSA) is 0 Å². The van der Waals surface area contributed by atoms with Gasteiger partial charge in [0, 0.05) is 10.8 Å². The van der Waals surface area contributed by atoms with Crippen molar-refractivity contribution < 1.29 is 0 Å². The minimum absolute atomic E-state index is 0.800. The molecule has 0 unspecified atom stereocenters. The van der Waals surface area contributed by atoms with Gasteiger partial charge in [-0.05, 0) is 47.3 Å². The van der Waals surface area contributed by atoms with Crippen LogP contribution in [0, 0.1) is 0 Å². The van der Waals surface area contributed by atoms with Crippen LogP contribution in [0.4, 0.5) is 0 Å². The minimum atomic E-state index is 0.800. The van der Waals surface area contributed by atoms with Gasteiger partial charge in [0.25, 0.3) is 0 Å². The highest BCUT2D eigenvalue weighted by Gasteiger charge is 1.96. The average molecular weight is 268 g/mol. The Hall–Kier alpha value is 0.470. The number of alkyl halides is 1. The molecule has 0 N–H and O–H groups in total. The molecule has 68 valence electrons. The molecular formula is C9H12BrClS. The van der Waals surface area contributed by atoms with Crippen LogP contribution in [0.1, 0.15) is 24.1 Å². The second-order valence-corrected chi connectivity index (χ2v) is 5.63. The first-order valence-electron chi connectivity index (χ1n) is 4.13. The van der Waals surface area contributed by atoms with E-state index in [1.165, 1.54) is 27.9 Å². The van der Waals surface area contributed by atoms with Crippen LogP contribution in [0.25, 0.3) is 0 Å². The molecule has 0 saturated carbocycles. The first-order chi connectivity index (χ1) is 5.83. The molecule has 0 spiro atoms. The van der Waals surface area contributed by atoms with Crippen LogP contribution >= 0.6 is 38.9 Å². The lowest BCUT2D eigenvalue weighted by molar-refractivity contribution is 0.726. The van der Waals surface area contributed by atoms with Gasteiger partial charge in [-0.2, -0.15) is 0 Å². The number of hydrogen-bond acceptors (Lipinski definition) is 1. The highest BCUT2D eigenvalue weighted by atomic mass is 79.9. The van der Waals surface area contributed by atoms with Crippen molar-refractivity contribution in [3.8, 4) is 0 Å². The number of hydrogen-bond donors (Lipinski definition) is 0. The summed E-state index contributed by atoms with van der Waals surface area (Å²) in [6.07, 6.45) is 4.86. The highest BCUT2D eigenvalue weighted by Crippen LogP contribution is 2.23. The van der Waals surface area contributed by atoms with Crippen LogP contribution in [0.15, 0.2) is 15.9 Å². The maximum Gasteiger partial charge on any atom is 0.0701 e. The molecular weight excluding hydrogens is 256 g/mol. The van der Waals surface area contributed by atoms with Gasteiger partial charge in [0.15, 0.2) is 0 Å². The molecule has 0 aromatic carbocycles. The molecule has 1 rings (SSSR count). The monoisotopic (exact) mass is 266 g/mol. The third-order valence-corrected chi connectivity index (χ3v) is 3.64. The van der Waals surface area contributed by atoms with Crippen molar-refractivity contribution in [3.05, 3.63) is 20.8 Å². The van der Waals surface area contributed by atoms with Crippen LogP contribution in [0.5, 0.6) is 0 Å². The van der Waals surface area contributed by atoms with E-state index < -0.39 is 0 Å². The van der Waals surface area contributed by atoms with Crippen molar-refractivity contribution >= 4 is 38.9 Å². The van der Waals surface area contributed by atoms with E-state index in [0.29, 0.717) is 0 Å². The molecule has 0 fully saturated rings. The Bertz CT molecular complexity index is 222. The van der Waals surface area contributed by atoms with E-state index in [4.69, 9.17) is 11.6 Å². The molecule has 0 nitrogen and oxygen atoms in total. The maximum absolute atomic E-state index is 5.58. The summed E-state index contributed by atoms with van der Waals surface area (Å²) < 4.78 is 1.23.